The Morgan fingerprint density at radius 3 is 2.50 bits per heavy atom. The summed E-state index contributed by atoms with van der Waals surface area (Å²) in [6.07, 6.45) is 1.62. The van der Waals surface area contributed by atoms with Crippen LogP contribution in [0.5, 0.6) is 11.5 Å². The summed E-state index contributed by atoms with van der Waals surface area (Å²) in [5.74, 6) is 0.0922. The van der Waals surface area contributed by atoms with Gasteiger partial charge in [0.1, 0.15) is 16.3 Å². The van der Waals surface area contributed by atoms with Crippen LogP contribution in [0.25, 0.3) is 22.2 Å². The second kappa shape index (κ2) is 9.44. The highest BCUT2D eigenvalue weighted by molar-refractivity contribution is 7.10. The van der Waals surface area contributed by atoms with Crippen LogP contribution in [-0.2, 0) is 6.54 Å². The predicted molar refractivity (Wildman–Crippen MR) is 130 cm³/mol. The van der Waals surface area contributed by atoms with Gasteiger partial charge in [-0.05, 0) is 36.4 Å². The van der Waals surface area contributed by atoms with Crippen molar-refractivity contribution in [2.75, 3.05) is 4.90 Å². The molecule has 5 rings (SSSR count). The molecule has 2 heterocycles. The largest absolute Gasteiger partial charge is 0.504 e. The number of halogens is 2. The quantitative estimate of drug-likeness (QED) is 0.275. The number of anilines is 2. The minimum Gasteiger partial charge on any atom is -0.504 e. The summed E-state index contributed by atoms with van der Waals surface area (Å²) in [6.45, 7) is -2.54. The van der Waals surface area contributed by atoms with Gasteiger partial charge in [-0.25, -0.2) is 4.98 Å². The Bertz CT molecular complexity index is 1410. The van der Waals surface area contributed by atoms with Crippen LogP contribution in [-0.4, -0.2) is 21.7 Å². The van der Waals surface area contributed by atoms with Gasteiger partial charge < -0.3 is 14.7 Å². The van der Waals surface area contributed by atoms with Gasteiger partial charge in [0, 0.05) is 28.2 Å². The smallest absolute Gasteiger partial charge is 0.387 e. The first kappa shape index (κ1) is 21.8. The zero-order valence-electron chi connectivity index (χ0n) is 17.8. The molecule has 0 amide bonds. The van der Waals surface area contributed by atoms with E-state index < -0.39 is 6.61 Å². The summed E-state index contributed by atoms with van der Waals surface area (Å²) in [4.78, 5) is 11.0. The fourth-order valence-corrected chi connectivity index (χ4v) is 4.51. The molecule has 0 aliphatic heterocycles. The molecule has 0 spiro atoms. The number of fused-ring (bicyclic) bond motifs is 1. The number of rotatable bonds is 7. The molecule has 0 fully saturated rings. The first-order valence-electron chi connectivity index (χ1n) is 10.5. The summed E-state index contributed by atoms with van der Waals surface area (Å²) < 4.78 is 29.7. The fraction of sp³-hybridized carbons (Fsp3) is 0.0769. The first-order chi connectivity index (χ1) is 16.6. The Balaban J connectivity index is 1.54. The highest BCUT2D eigenvalue weighted by Gasteiger charge is 2.19. The Morgan fingerprint density at radius 1 is 0.941 bits per heavy atom. The summed E-state index contributed by atoms with van der Waals surface area (Å²) in [5.41, 5.74) is 3.58. The van der Waals surface area contributed by atoms with E-state index in [9.17, 15) is 13.9 Å². The topological polar surface area (TPSA) is 58.5 Å². The van der Waals surface area contributed by atoms with E-state index in [0.717, 1.165) is 21.7 Å². The van der Waals surface area contributed by atoms with E-state index in [4.69, 9.17) is 4.98 Å². The normalized spacial score (nSPS) is 11.1. The first-order valence-corrected chi connectivity index (χ1v) is 11.4. The summed E-state index contributed by atoms with van der Waals surface area (Å²) in [7, 11) is 0. The van der Waals surface area contributed by atoms with Crippen LogP contribution >= 0.6 is 11.3 Å². The Morgan fingerprint density at radius 2 is 1.74 bits per heavy atom. The van der Waals surface area contributed by atoms with Gasteiger partial charge in [-0.1, -0.05) is 42.5 Å². The van der Waals surface area contributed by atoms with Crippen molar-refractivity contribution in [2.24, 2.45) is 0 Å². The lowest BCUT2D eigenvalue weighted by Crippen LogP contribution is -2.16. The molecule has 34 heavy (non-hydrogen) atoms. The van der Waals surface area contributed by atoms with Gasteiger partial charge in [-0.3, -0.25) is 4.98 Å². The molecule has 2 aromatic heterocycles. The van der Waals surface area contributed by atoms with E-state index >= 15 is 0 Å². The van der Waals surface area contributed by atoms with Gasteiger partial charge in [0.15, 0.2) is 5.75 Å². The van der Waals surface area contributed by atoms with Crippen molar-refractivity contribution in [3.63, 3.8) is 0 Å². The Hall–Kier alpha value is -4.04. The number of nitrogens with zero attached hydrogens (tertiary/aromatic N) is 3. The molecule has 0 atom stereocenters. The number of phenolic OH excluding ortho intramolecular Hbond substituents is 1. The second-order valence-electron chi connectivity index (χ2n) is 7.46. The zero-order chi connectivity index (χ0) is 23.5. The maximum absolute atomic E-state index is 12.6. The van der Waals surface area contributed by atoms with Crippen molar-refractivity contribution < 1.29 is 18.6 Å². The molecule has 170 valence electrons. The molecule has 0 radical (unpaired) electrons. The van der Waals surface area contributed by atoms with E-state index in [1.165, 1.54) is 23.5 Å². The molecule has 1 N–H and O–H groups in total. The van der Waals surface area contributed by atoms with Crippen LogP contribution < -0.4 is 9.64 Å². The second-order valence-corrected chi connectivity index (χ2v) is 8.40. The van der Waals surface area contributed by atoms with Crippen LogP contribution in [0.3, 0.4) is 0 Å². The number of aromatic nitrogens is 2. The number of alkyl halides is 2. The van der Waals surface area contributed by atoms with Crippen molar-refractivity contribution >= 4 is 33.6 Å². The summed E-state index contributed by atoms with van der Waals surface area (Å²) >= 11 is 1.51. The number of benzene rings is 3. The predicted octanol–water partition coefficient (Wildman–Crippen LogP) is 7.00. The maximum Gasteiger partial charge on any atom is 0.387 e. The molecular formula is C26H19F2N3O2S. The summed E-state index contributed by atoms with van der Waals surface area (Å²) in [5, 5.41) is 14.7. The fourth-order valence-electron chi connectivity index (χ4n) is 3.72. The van der Waals surface area contributed by atoms with E-state index in [2.05, 4.69) is 9.72 Å². The molecule has 3 aromatic carbocycles. The molecule has 0 aliphatic carbocycles. The monoisotopic (exact) mass is 475 g/mol. The van der Waals surface area contributed by atoms with Gasteiger partial charge >= 0.3 is 6.61 Å². The molecule has 5 aromatic rings. The maximum atomic E-state index is 12.6. The molecule has 0 aliphatic rings. The molecular weight excluding hydrogens is 456 g/mol. The minimum atomic E-state index is -2.90. The minimum absolute atomic E-state index is 0.0332. The third-order valence-corrected chi connectivity index (χ3v) is 6.14. The average Bonchev–Trinajstić information content (AvgIpc) is 3.33. The van der Waals surface area contributed by atoms with Crippen molar-refractivity contribution in [3.05, 3.63) is 95.4 Å². The van der Waals surface area contributed by atoms with Gasteiger partial charge in [0.2, 0.25) is 0 Å². The van der Waals surface area contributed by atoms with Crippen LogP contribution in [0.4, 0.5) is 20.2 Å². The third kappa shape index (κ3) is 4.53. The number of ether oxygens (including phenoxy) is 1. The van der Waals surface area contributed by atoms with Gasteiger partial charge in [-0.2, -0.15) is 8.78 Å². The number of thiazole rings is 1. The van der Waals surface area contributed by atoms with Gasteiger partial charge in [-0.15, -0.1) is 11.3 Å². The SMILES string of the molecule is Oc1c(N(Cc2nc(-c3ccccc3)cs2)c2ccc(OC(F)F)cc2)ccc2cccnc12. The Labute approximate surface area is 198 Å². The van der Waals surface area contributed by atoms with Gasteiger partial charge in [0.05, 0.1) is 17.9 Å². The lowest BCUT2D eigenvalue weighted by molar-refractivity contribution is -0.0498. The zero-order valence-corrected chi connectivity index (χ0v) is 18.6. The number of hydrogen-bond donors (Lipinski definition) is 1. The molecule has 0 unspecified atom stereocenters. The number of pyridine rings is 1. The third-order valence-electron chi connectivity index (χ3n) is 5.31. The number of hydrogen-bond acceptors (Lipinski definition) is 6. The molecule has 0 saturated heterocycles. The lowest BCUT2D eigenvalue weighted by Gasteiger charge is -2.25. The lowest BCUT2D eigenvalue weighted by atomic mass is 10.1. The van der Waals surface area contributed by atoms with Crippen molar-refractivity contribution in [1.82, 2.24) is 9.97 Å². The number of phenols is 1. The van der Waals surface area contributed by atoms with E-state index in [0.29, 0.717) is 23.4 Å². The van der Waals surface area contributed by atoms with Crippen molar-refractivity contribution in [3.8, 4) is 22.8 Å². The van der Waals surface area contributed by atoms with Gasteiger partial charge in [0.25, 0.3) is 0 Å². The highest BCUT2D eigenvalue weighted by atomic mass is 32.1. The van der Waals surface area contributed by atoms with E-state index in [-0.39, 0.29) is 11.5 Å². The number of aromatic hydroxyl groups is 1. The highest BCUT2D eigenvalue weighted by Crippen LogP contribution is 2.39. The van der Waals surface area contributed by atoms with E-state index in [1.807, 2.05) is 64.9 Å². The standard InChI is InChI=1S/C26H19F2N3O2S/c27-26(28)33-20-11-9-19(10-12-20)31(22-13-8-18-7-4-14-29-24(18)25(22)32)15-23-30-21(16-34-23)17-5-2-1-3-6-17/h1-14,16,26,32H,15H2. The van der Waals surface area contributed by atoms with Crippen LogP contribution in [0.1, 0.15) is 5.01 Å². The Kier molecular flexibility index (Phi) is 6.05. The molecule has 5 nitrogen and oxygen atoms in total. The average molecular weight is 476 g/mol. The van der Waals surface area contributed by atoms with Crippen LogP contribution in [0.15, 0.2) is 90.4 Å². The molecule has 8 heteroatoms. The van der Waals surface area contributed by atoms with Crippen LogP contribution in [0, 0.1) is 0 Å². The van der Waals surface area contributed by atoms with Crippen molar-refractivity contribution in [1.29, 1.82) is 0 Å². The van der Waals surface area contributed by atoms with Crippen molar-refractivity contribution in [2.45, 2.75) is 13.2 Å². The molecule has 0 bridgehead atoms. The van der Waals surface area contributed by atoms with E-state index in [1.54, 1.807) is 18.3 Å². The molecule has 0 saturated carbocycles. The summed E-state index contributed by atoms with van der Waals surface area (Å²) in [6, 6.07) is 23.6. The van der Waals surface area contributed by atoms with Crippen LogP contribution in [0.2, 0.25) is 0 Å².